The Bertz CT molecular complexity index is 1790. The first kappa shape index (κ1) is 34.8. The number of para-hydroxylation sites is 2. The molecule has 0 N–H and O–H groups in total. The molecule has 0 aliphatic carbocycles. The van der Waals surface area contributed by atoms with Gasteiger partial charge in [-0.1, -0.05) is 0 Å². The summed E-state index contributed by atoms with van der Waals surface area (Å²) in [5.41, 5.74) is 12.3. The van der Waals surface area contributed by atoms with E-state index in [1.807, 2.05) is 61.7 Å². The van der Waals surface area contributed by atoms with Crippen molar-refractivity contribution in [2.24, 2.45) is 0 Å². The zero-order valence-electron chi connectivity index (χ0n) is 28.5. The Hall–Kier alpha value is -4.53. The third-order valence-corrected chi connectivity index (χ3v) is 9.08. The number of rotatable bonds is 8. The number of imidazole rings is 1. The van der Waals surface area contributed by atoms with Gasteiger partial charge in [-0.25, -0.2) is 4.98 Å². The zero-order valence-corrected chi connectivity index (χ0v) is 29.6. The monoisotopic (exact) mass is 679 g/mol. The molecule has 1 radical (unpaired) electrons. The maximum absolute atomic E-state index is 4.57. The third-order valence-electron chi connectivity index (χ3n) is 9.08. The van der Waals surface area contributed by atoms with Crippen LogP contribution in [0.2, 0.25) is 0 Å². The molecule has 4 heterocycles. The first-order valence-corrected chi connectivity index (χ1v) is 16.2. The topological polar surface area (TPSA) is 43.2 Å². The van der Waals surface area contributed by atoms with Crippen molar-refractivity contribution in [1.82, 2.24) is 24.2 Å². The fraction of sp³-hybridized carbons (Fsp3) is 0.250. The number of fused-ring (bicyclic) bond motifs is 1. The predicted octanol–water partition coefficient (Wildman–Crippen LogP) is 8.56. The molecule has 3 aromatic carbocycles. The summed E-state index contributed by atoms with van der Waals surface area (Å²) in [6.45, 7) is 19.3. The van der Waals surface area contributed by atoms with E-state index in [4.69, 9.17) is 0 Å². The van der Waals surface area contributed by atoms with Gasteiger partial charge in [-0.3, -0.25) is 4.98 Å². The number of benzene rings is 3. The molecule has 0 bridgehead atoms. The molecule has 0 saturated carbocycles. The quantitative estimate of drug-likeness (QED) is 0.121. The van der Waals surface area contributed by atoms with Gasteiger partial charge in [0.15, 0.2) is 0 Å². The summed E-state index contributed by atoms with van der Waals surface area (Å²) < 4.78 is 2.07. The first-order valence-electron chi connectivity index (χ1n) is 16.2. The Morgan fingerprint density at radius 3 is 1.65 bits per heavy atom. The number of allylic oxidation sites excluding steroid dienone is 4. The van der Waals surface area contributed by atoms with Crippen molar-refractivity contribution in [3.05, 3.63) is 151 Å². The minimum Gasteiger partial charge on any atom is -0.505 e. The summed E-state index contributed by atoms with van der Waals surface area (Å²) in [7, 11) is 0. The number of aryl methyl sites for hydroxylation is 2. The van der Waals surface area contributed by atoms with Crippen LogP contribution in [0.4, 0.5) is 11.4 Å². The van der Waals surface area contributed by atoms with Gasteiger partial charge in [0.25, 0.3) is 0 Å². The van der Waals surface area contributed by atoms with Crippen LogP contribution in [0.25, 0.3) is 16.9 Å². The Kier molecular flexibility index (Phi) is 11.3. The molecule has 7 nitrogen and oxygen atoms in total. The van der Waals surface area contributed by atoms with Gasteiger partial charge in [-0.05, 0) is 78.9 Å². The number of hydrogen-bond acceptors (Lipinski definition) is 6. The van der Waals surface area contributed by atoms with Crippen molar-refractivity contribution in [1.29, 1.82) is 0 Å². The second-order valence-electron chi connectivity index (χ2n) is 11.9. The molecule has 0 atom stereocenters. The summed E-state index contributed by atoms with van der Waals surface area (Å²) in [4.78, 5) is 18.2. The van der Waals surface area contributed by atoms with E-state index in [9.17, 15) is 0 Å². The van der Waals surface area contributed by atoms with Gasteiger partial charge in [0.2, 0.25) is 0 Å². The molecule has 48 heavy (non-hydrogen) atoms. The van der Waals surface area contributed by atoms with Crippen molar-refractivity contribution in [3.8, 4) is 11.3 Å². The second kappa shape index (κ2) is 15.6. The minimum absolute atomic E-state index is 0. The van der Waals surface area contributed by atoms with E-state index in [-0.39, 0.29) is 16.8 Å². The molecular weight excluding hydrogens is 637 g/mol. The van der Waals surface area contributed by atoms with Crippen LogP contribution in [0.5, 0.6) is 0 Å². The molecule has 2 aliphatic heterocycles. The van der Waals surface area contributed by atoms with Crippen LogP contribution in [-0.4, -0.2) is 37.3 Å². The molecule has 0 saturated heterocycles. The van der Waals surface area contributed by atoms with Crippen molar-refractivity contribution < 1.29 is 16.8 Å². The molecule has 0 spiro atoms. The van der Waals surface area contributed by atoms with Gasteiger partial charge in [-0.15, -0.1) is 47.3 Å². The van der Waals surface area contributed by atoms with Gasteiger partial charge < -0.3 is 24.0 Å². The summed E-state index contributed by atoms with van der Waals surface area (Å²) in [6.07, 6.45) is 6.03. The second-order valence-corrected chi connectivity index (χ2v) is 11.9. The molecule has 5 aromatic rings. The summed E-state index contributed by atoms with van der Waals surface area (Å²) in [5.74, 6) is 0. The Morgan fingerprint density at radius 1 is 0.646 bits per heavy atom. The largest absolute Gasteiger partial charge is 0.505 e. The molecule has 0 amide bonds. The standard InChI is InChI=1S/C26H30N4.C14H12N3.Co/c1-21-23(3)29(25-13-7-5-8-14-25)19-27(21)17-11-12-18-28-20-30(24(4)22(28)2)26-15-9-6-10-16-26;1-10-11(2)17-9-8-15-13(14(17)16-10)12-6-4-3-5-7-12;/h5-10,13,15,19-20H,11-12,17-18H2,1-4H3;3-6,8-9H,1-2H3;/q-4;-1;. The fourth-order valence-corrected chi connectivity index (χ4v) is 5.90. The van der Waals surface area contributed by atoms with Crippen molar-refractivity contribution >= 4 is 17.0 Å². The molecule has 2 aromatic heterocycles. The number of nitrogens with zero attached hydrogens (tertiary/aromatic N) is 7. The maximum Gasteiger partial charge on any atom is 0.120 e. The van der Waals surface area contributed by atoms with Crippen LogP contribution in [0, 0.1) is 45.4 Å². The molecule has 0 fully saturated rings. The SMILES string of the molecule is CC1=C(C)N(c2[c-]cccc2)[CH-]N1CCCCN1[CH-]N(c2[c-]cccc2)C(C)=C1C.Cc1nc2c(-c3[c-]cccc3)nccn2c1C.[Co]. The fourth-order valence-electron chi connectivity index (χ4n) is 5.90. The van der Waals surface area contributed by atoms with Gasteiger partial charge in [-0.2, -0.15) is 74.0 Å². The van der Waals surface area contributed by atoms with Crippen LogP contribution in [-0.2, 0) is 16.8 Å². The molecule has 8 heteroatoms. The van der Waals surface area contributed by atoms with Crippen LogP contribution in [0.3, 0.4) is 0 Å². The zero-order chi connectivity index (χ0) is 32.9. The molecule has 2 aliphatic rings. The number of unbranched alkanes of at least 4 members (excludes halogenated alkanes) is 1. The molecule has 251 valence electrons. The molecule has 7 rings (SSSR count). The maximum atomic E-state index is 4.57. The smallest absolute Gasteiger partial charge is 0.120 e. The van der Waals surface area contributed by atoms with E-state index < -0.39 is 0 Å². The van der Waals surface area contributed by atoms with Crippen LogP contribution in [0.15, 0.2) is 108 Å². The van der Waals surface area contributed by atoms with Crippen molar-refractivity contribution in [2.75, 3.05) is 22.9 Å². The Labute approximate surface area is 296 Å². The average Bonchev–Trinajstić information content (AvgIpc) is 3.69. The van der Waals surface area contributed by atoms with Crippen LogP contribution in [0.1, 0.15) is 51.9 Å². The van der Waals surface area contributed by atoms with Gasteiger partial charge in [0.05, 0.1) is 5.69 Å². The van der Waals surface area contributed by atoms with Crippen molar-refractivity contribution in [2.45, 2.75) is 54.4 Å². The number of hydrogen-bond donors (Lipinski definition) is 0. The minimum atomic E-state index is 0. The van der Waals surface area contributed by atoms with Crippen molar-refractivity contribution in [3.63, 3.8) is 0 Å². The van der Waals surface area contributed by atoms with Gasteiger partial charge >= 0.3 is 0 Å². The summed E-state index contributed by atoms with van der Waals surface area (Å²) in [6, 6.07) is 33.9. The van der Waals surface area contributed by atoms with Crippen LogP contribution < -0.4 is 9.80 Å². The van der Waals surface area contributed by atoms with E-state index in [2.05, 4.69) is 124 Å². The first-order chi connectivity index (χ1) is 22.8. The molecular formula is C40H42CoN7-5. The number of aromatic nitrogens is 3. The van der Waals surface area contributed by atoms with E-state index in [0.717, 1.165) is 65.6 Å². The average molecular weight is 680 g/mol. The van der Waals surface area contributed by atoms with E-state index in [1.165, 1.54) is 22.8 Å². The third kappa shape index (κ3) is 7.30. The predicted molar refractivity (Wildman–Crippen MR) is 190 cm³/mol. The van der Waals surface area contributed by atoms with Gasteiger partial charge in [0, 0.05) is 52.0 Å². The van der Waals surface area contributed by atoms with E-state index in [1.54, 1.807) is 6.20 Å². The summed E-state index contributed by atoms with van der Waals surface area (Å²) in [5, 5.41) is 0. The van der Waals surface area contributed by atoms with Crippen LogP contribution >= 0.6 is 0 Å². The molecule has 0 unspecified atom stereocenters. The normalized spacial score (nSPS) is 14.5. The van der Waals surface area contributed by atoms with Gasteiger partial charge in [0.1, 0.15) is 5.65 Å². The number of anilines is 2. The van der Waals surface area contributed by atoms with E-state index in [0.29, 0.717) is 0 Å². The van der Waals surface area contributed by atoms with E-state index >= 15 is 0 Å². The Balaban J connectivity index is 0.000000212. The Morgan fingerprint density at radius 2 is 1.17 bits per heavy atom. The summed E-state index contributed by atoms with van der Waals surface area (Å²) >= 11 is 0.